The lowest BCUT2D eigenvalue weighted by molar-refractivity contribution is 0.176. The van der Waals surface area contributed by atoms with E-state index in [4.69, 9.17) is 21.7 Å². The Morgan fingerprint density at radius 2 is 1.80 bits per heavy atom. The Labute approximate surface area is 185 Å². The fourth-order valence-electron chi connectivity index (χ4n) is 3.94. The summed E-state index contributed by atoms with van der Waals surface area (Å²) in [6.07, 6.45) is 0.979. The van der Waals surface area contributed by atoms with Gasteiger partial charge in [-0.2, -0.15) is 0 Å². The average molecular weight is 428 g/mol. The van der Waals surface area contributed by atoms with Crippen LogP contribution in [0.25, 0.3) is 0 Å². The van der Waals surface area contributed by atoms with Crippen LogP contribution in [0.5, 0.6) is 11.5 Å². The van der Waals surface area contributed by atoms with Crippen molar-refractivity contribution in [1.82, 2.24) is 15.5 Å². The van der Waals surface area contributed by atoms with Crippen LogP contribution in [0.15, 0.2) is 36.4 Å². The summed E-state index contributed by atoms with van der Waals surface area (Å²) in [6, 6.07) is 13.5. The van der Waals surface area contributed by atoms with Crippen LogP contribution in [-0.4, -0.2) is 43.4 Å². The zero-order chi connectivity index (χ0) is 21.7. The van der Waals surface area contributed by atoms with Gasteiger partial charge in [0.25, 0.3) is 0 Å². The maximum absolute atomic E-state index is 5.59. The predicted octanol–water partition coefficient (Wildman–Crippen LogP) is 3.98. The van der Waals surface area contributed by atoms with Crippen LogP contribution < -0.4 is 20.1 Å². The number of benzene rings is 2. The van der Waals surface area contributed by atoms with E-state index < -0.39 is 0 Å². The van der Waals surface area contributed by atoms with Gasteiger partial charge in [-0.3, -0.25) is 4.90 Å². The van der Waals surface area contributed by atoms with Crippen molar-refractivity contribution in [2.75, 3.05) is 27.3 Å². The summed E-state index contributed by atoms with van der Waals surface area (Å²) in [4.78, 5) is 2.52. The van der Waals surface area contributed by atoms with Crippen LogP contribution in [0.3, 0.4) is 0 Å². The summed E-state index contributed by atoms with van der Waals surface area (Å²) in [5.41, 5.74) is 5.17. The molecule has 0 saturated heterocycles. The van der Waals surface area contributed by atoms with E-state index in [0.29, 0.717) is 11.2 Å². The normalized spacial score (nSPS) is 16.1. The molecule has 1 heterocycles. The summed E-state index contributed by atoms with van der Waals surface area (Å²) in [5, 5.41) is 7.38. The number of hydrogen-bond acceptors (Lipinski definition) is 4. The van der Waals surface area contributed by atoms with Gasteiger partial charge >= 0.3 is 0 Å². The molecule has 0 amide bonds. The summed E-state index contributed by atoms with van der Waals surface area (Å²) in [5.74, 6) is 1.55. The van der Waals surface area contributed by atoms with Gasteiger partial charge in [0.1, 0.15) is 0 Å². The molecule has 6 heteroatoms. The summed E-state index contributed by atoms with van der Waals surface area (Å²) in [7, 11) is 3.37. The summed E-state index contributed by atoms with van der Waals surface area (Å²) in [6.45, 7) is 8.90. The molecule has 2 N–H and O–H groups in total. The molecule has 5 nitrogen and oxygen atoms in total. The van der Waals surface area contributed by atoms with Gasteiger partial charge in [-0.05, 0) is 68.2 Å². The first-order chi connectivity index (χ1) is 14.4. The number of hydrogen-bond donors (Lipinski definition) is 2. The molecule has 1 atom stereocenters. The molecule has 0 aromatic heterocycles. The number of rotatable bonds is 7. The van der Waals surface area contributed by atoms with E-state index >= 15 is 0 Å². The van der Waals surface area contributed by atoms with Crippen LogP contribution in [0.2, 0.25) is 0 Å². The minimum absolute atomic E-state index is 0.182. The molecule has 1 aliphatic rings. The van der Waals surface area contributed by atoms with E-state index in [1.54, 1.807) is 14.2 Å². The molecule has 162 valence electrons. The van der Waals surface area contributed by atoms with Crippen LogP contribution >= 0.6 is 12.2 Å². The minimum Gasteiger partial charge on any atom is -0.493 e. The van der Waals surface area contributed by atoms with E-state index in [9.17, 15) is 0 Å². The van der Waals surface area contributed by atoms with Gasteiger partial charge in [0.2, 0.25) is 0 Å². The highest BCUT2D eigenvalue weighted by atomic mass is 32.1. The van der Waals surface area contributed by atoms with Gasteiger partial charge in [0, 0.05) is 25.7 Å². The van der Waals surface area contributed by atoms with E-state index in [1.165, 1.54) is 22.3 Å². The zero-order valence-corrected chi connectivity index (χ0v) is 19.4. The van der Waals surface area contributed by atoms with Crippen molar-refractivity contribution in [2.45, 2.75) is 45.8 Å². The molecule has 0 fully saturated rings. The Morgan fingerprint density at radius 3 is 2.43 bits per heavy atom. The highest BCUT2D eigenvalue weighted by molar-refractivity contribution is 7.80. The molecule has 3 rings (SSSR count). The van der Waals surface area contributed by atoms with E-state index in [0.717, 1.165) is 37.6 Å². The predicted molar refractivity (Wildman–Crippen MR) is 126 cm³/mol. The second-order valence-electron chi connectivity index (χ2n) is 8.14. The average Bonchev–Trinajstić information content (AvgIpc) is 2.72. The fraction of sp³-hybridized carbons (Fsp3) is 0.458. The molecule has 0 radical (unpaired) electrons. The van der Waals surface area contributed by atoms with Gasteiger partial charge in [-0.1, -0.05) is 29.8 Å². The van der Waals surface area contributed by atoms with E-state index in [1.807, 2.05) is 0 Å². The van der Waals surface area contributed by atoms with Crippen molar-refractivity contribution in [1.29, 1.82) is 0 Å². The SMILES string of the molecule is COc1cc2c(cc1OC)[C@@H](CNC(=S)NC(C)C)N(Cc1ccc(C)cc1)CC2. The third-order valence-corrected chi connectivity index (χ3v) is 5.76. The number of aryl methyl sites for hydroxylation is 1. The molecule has 0 unspecified atom stereocenters. The lowest BCUT2D eigenvalue weighted by Crippen LogP contribution is -2.45. The number of methoxy groups -OCH3 is 2. The lowest BCUT2D eigenvalue weighted by Gasteiger charge is -2.38. The molecule has 0 aliphatic carbocycles. The third-order valence-electron chi connectivity index (χ3n) is 5.50. The Bertz CT molecular complexity index is 867. The molecule has 1 aliphatic heterocycles. The highest BCUT2D eigenvalue weighted by Crippen LogP contribution is 2.38. The van der Waals surface area contributed by atoms with Crippen LogP contribution in [-0.2, 0) is 13.0 Å². The molecule has 30 heavy (non-hydrogen) atoms. The van der Waals surface area contributed by atoms with Gasteiger partial charge in [-0.15, -0.1) is 0 Å². The Kier molecular flexibility index (Phi) is 7.56. The first-order valence-electron chi connectivity index (χ1n) is 10.5. The molecule has 2 aromatic rings. The molecular weight excluding hydrogens is 394 g/mol. The third kappa shape index (κ3) is 5.43. The quantitative estimate of drug-likeness (QED) is 0.652. The number of fused-ring (bicyclic) bond motifs is 1. The highest BCUT2D eigenvalue weighted by Gasteiger charge is 2.29. The molecule has 0 bridgehead atoms. The topological polar surface area (TPSA) is 45.8 Å². The Hall–Kier alpha value is -2.31. The van der Waals surface area contributed by atoms with Crippen LogP contribution in [0.1, 0.15) is 42.1 Å². The maximum atomic E-state index is 5.59. The first kappa shape index (κ1) is 22.4. The van der Waals surface area contributed by atoms with Crippen LogP contribution in [0, 0.1) is 6.92 Å². The summed E-state index contributed by atoms with van der Waals surface area (Å²) < 4.78 is 11.1. The number of thiocarbonyl (C=S) groups is 1. The second-order valence-corrected chi connectivity index (χ2v) is 8.55. The number of nitrogens with one attached hydrogen (secondary N) is 2. The van der Waals surface area contributed by atoms with Crippen molar-refractivity contribution in [3.63, 3.8) is 0 Å². The van der Waals surface area contributed by atoms with Crippen molar-refractivity contribution in [3.05, 3.63) is 58.7 Å². The van der Waals surface area contributed by atoms with Gasteiger partial charge in [0.05, 0.1) is 20.3 Å². The van der Waals surface area contributed by atoms with E-state index in [-0.39, 0.29) is 6.04 Å². The Balaban J connectivity index is 1.88. The molecule has 2 aromatic carbocycles. The summed E-state index contributed by atoms with van der Waals surface area (Å²) >= 11 is 5.48. The molecule has 0 spiro atoms. The van der Waals surface area contributed by atoms with E-state index in [2.05, 4.69) is 72.7 Å². The van der Waals surface area contributed by atoms with Gasteiger partial charge in [-0.25, -0.2) is 0 Å². The standard InChI is InChI=1S/C24H33N3O2S/c1-16(2)26-24(30)25-14-21-20-13-23(29-5)22(28-4)12-19(20)10-11-27(21)15-18-8-6-17(3)7-9-18/h6-9,12-13,16,21H,10-11,14-15H2,1-5H3,(H2,25,26,30)/t21-/m1/s1. The largest absolute Gasteiger partial charge is 0.493 e. The van der Waals surface area contributed by atoms with Crippen molar-refractivity contribution >= 4 is 17.3 Å². The monoisotopic (exact) mass is 427 g/mol. The van der Waals surface area contributed by atoms with Crippen LogP contribution in [0.4, 0.5) is 0 Å². The Morgan fingerprint density at radius 1 is 1.13 bits per heavy atom. The van der Waals surface area contributed by atoms with Gasteiger partial charge < -0.3 is 20.1 Å². The first-order valence-corrected chi connectivity index (χ1v) is 10.9. The molecular formula is C24H33N3O2S. The fourth-order valence-corrected chi connectivity index (χ4v) is 4.26. The van der Waals surface area contributed by atoms with Gasteiger partial charge in [0.15, 0.2) is 16.6 Å². The van der Waals surface area contributed by atoms with Crippen molar-refractivity contribution in [3.8, 4) is 11.5 Å². The van der Waals surface area contributed by atoms with Crippen molar-refractivity contribution < 1.29 is 9.47 Å². The second kappa shape index (κ2) is 10.1. The lowest BCUT2D eigenvalue weighted by atomic mass is 9.91. The number of nitrogens with zero attached hydrogens (tertiary/aromatic N) is 1. The number of ether oxygens (including phenoxy) is 2. The minimum atomic E-state index is 0.182. The maximum Gasteiger partial charge on any atom is 0.166 e. The molecule has 0 saturated carbocycles. The van der Waals surface area contributed by atoms with Crippen molar-refractivity contribution in [2.24, 2.45) is 0 Å². The zero-order valence-electron chi connectivity index (χ0n) is 18.6. The smallest absolute Gasteiger partial charge is 0.166 e.